The second-order valence-corrected chi connectivity index (χ2v) is 6.82. The SMILES string of the molecule is CCCC(=O)NC1CCCN(c2cc(C)nc3c([N+](=O)[O-])cccc23)C1. The Morgan fingerprint density at radius 2 is 2.27 bits per heavy atom. The summed E-state index contributed by atoms with van der Waals surface area (Å²) in [6.45, 7) is 5.41. The van der Waals surface area contributed by atoms with Gasteiger partial charge >= 0.3 is 0 Å². The Hall–Kier alpha value is -2.70. The number of benzene rings is 1. The van der Waals surface area contributed by atoms with Crippen molar-refractivity contribution in [3.63, 3.8) is 0 Å². The first kappa shape index (κ1) is 18.1. The molecule has 2 heterocycles. The van der Waals surface area contributed by atoms with Crippen LogP contribution in [0, 0.1) is 17.0 Å². The van der Waals surface area contributed by atoms with Crippen LogP contribution in [0.1, 0.15) is 38.3 Å². The summed E-state index contributed by atoms with van der Waals surface area (Å²) in [6, 6.07) is 7.14. The summed E-state index contributed by atoms with van der Waals surface area (Å²) in [7, 11) is 0. The fourth-order valence-electron chi connectivity index (χ4n) is 3.59. The molecule has 1 aromatic carbocycles. The number of aromatic nitrogens is 1. The van der Waals surface area contributed by atoms with Gasteiger partial charge in [-0.05, 0) is 32.3 Å². The van der Waals surface area contributed by atoms with E-state index in [9.17, 15) is 14.9 Å². The summed E-state index contributed by atoms with van der Waals surface area (Å²) in [5, 5.41) is 15.2. The van der Waals surface area contributed by atoms with Gasteiger partial charge in [0.05, 0.1) is 4.92 Å². The third kappa shape index (κ3) is 3.76. The Balaban J connectivity index is 1.93. The molecule has 0 aliphatic carbocycles. The van der Waals surface area contributed by atoms with E-state index in [0.717, 1.165) is 42.6 Å². The summed E-state index contributed by atoms with van der Waals surface area (Å²) < 4.78 is 0. The summed E-state index contributed by atoms with van der Waals surface area (Å²) in [4.78, 5) is 29.5. The highest BCUT2D eigenvalue weighted by Gasteiger charge is 2.24. The van der Waals surface area contributed by atoms with Crippen LogP contribution in [0.15, 0.2) is 24.3 Å². The molecule has 1 atom stereocenters. The zero-order valence-electron chi connectivity index (χ0n) is 15.2. The second-order valence-electron chi connectivity index (χ2n) is 6.82. The van der Waals surface area contributed by atoms with Crippen molar-refractivity contribution in [2.45, 2.75) is 45.6 Å². The highest BCUT2D eigenvalue weighted by molar-refractivity contribution is 5.97. The Morgan fingerprint density at radius 1 is 1.46 bits per heavy atom. The average molecular weight is 356 g/mol. The predicted octanol–water partition coefficient (Wildman–Crippen LogP) is 3.34. The van der Waals surface area contributed by atoms with Crippen molar-refractivity contribution in [3.05, 3.63) is 40.1 Å². The first-order valence-electron chi connectivity index (χ1n) is 9.08. The quantitative estimate of drug-likeness (QED) is 0.656. The number of hydrogen-bond acceptors (Lipinski definition) is 5. The largest absolute Gasteiger partial charge is 0.369 e. The third-order valence-corrected chi connectivity index (χ3v) is 4.73. The number of rotatable bonds is 5. The van der Waals surface area contributed by atoms with Crippen LogP contribution >= 0.6 is 0 Å². The Morgan fingerprint density at radius 3 is 3.00 bits per heavy atom. The molecule has 2 aromatic rings. The van der Waals surface area contributed by atoms with Gasteiger partial charge in [-0.1, -0.05) is 19.1 Å². The molecule has 138 valence electrons. The van der Waals surface area contributed by atoms with Crippen LogP contribution in [0.2, 0.25) is 0 Å². The van der Waals surface area contributed by atoms with Gasteiger partial charge < -0.3 is 10.2 Å². The van der Waals surface area contributed by atoms with Crippen molar-refractivity contribution >= 4 is 28.2 Å². The zero-order valence-corrected chi connectivity index (χ0v) is 15.2. The van der Waals surface area contributed by atoms with Crippen molar-refractivity contribution in [2.75, 3.05) is 18.0 Å². The normalized spacial score (nSPS) is 17.3. The number of anilines is 1. The van der Waals surface area contributed by atoms with Gasteiger partial charge in [0, 0.05) is 48.4 Å². The minimum atomic E-state index is -0.386. The van der Waals surface area contributed by atoms with E-state index in [4.69, 9.17) is 0 Å². The van der Waals surface area contributed by atoms with Crippen molar-refractivity contribution < 1.29 is 9.72 Å². The first-order chi connectivity index (χ1) is 12.5. The van der Waals surface area contributed by atoms with E-state index in [1.165, 1.54) is 6.07 Å². The average Bonchev–Trinajstić information content (AvgIpc) is 2.60. The van der Waals surface area contributed by atoms with Crippen molar-refractivity contribution in [1.29, 1.82) is 0 Å². The smallest absolute Gasteiger partial charge is 0.295 e. The molecule has 1 fully saturated rings. The van der Waals surface area contributed by atoms with Gasteiger partial charge in [0.15, 0.2) is 5.52 Å². The molecule has 1 saturated heterocycles. The van der Waals surface area contributed by atoms with Crippen molar-refractivity contribution in [2.24, 2.45) is 0 Å². The molecule has 7 nitrogen and oxygen atoms in total. The molecular formula is C19H24N4O3. The van der Waals surface area contributed by atoms with Crippen LogP contribution in [0.3, 0.4) is 0 Å². The standard InChI is InChI=1S/C19H24N4O3/c1-3-6-18(24)21-14-7-5-10-22(12-14)17-11-13(2)20-19-15(17)8-4-9-16(19)23(25)26/h4,8-9,11,14H,3,5-7,10,12H2,1-2H3,(H,21,24). The lowest BCUT2D eigenvalue weighted by Gasteiger charge is -2.35. The van der Waals surface area contributed by atoms with Crippen molar-refractivity contribution in [3.8, 4) is 0 Å². The first-order valence-corrected chi connectivity index (χ1v) is 9.08. The van der Waals surface area contributed by atoms with Crippen LogP contribution in [0.4, 0.5) is 11.4 Å². The molecule has 0 saturated carbocycles. The monoisotopic (exact) mass is 356 g/mol. The van der Waals surface area contributed by atoms with Crippen LogP contribution < -0.4 is 10.2 Å². The number of carbonyl (C=O) groups excluding carboxylic acids is 1. The number of hydrogen-bond donors (Lipinski definition) is 1. The molecule has 0 radical (unpaired) electrons. The van der Waals surface area contributed by atoms with Gasteiger partial charge in [-0.3, -0.25) is 14.9 Å². The predicted molar refractivity (Wildman–Crippen MR) is 101 cm³/mol. The fraction of sp³-hybridized carbons (Fsp3) is 0.474. The van der Waals surface area contributed by atoms with Gasteiger partial charge in [0.1, 0.15) is 0 Å². The van der Waals surface area contributed by atoms with Gasteiger partial charge in [-0.15, -0.1) is 0 Å². The van der Waals surface area contributed by atoms with Gasteiger partial charge in [0.25, 0.3) is 5.69 Å². The zero-order chi connectivity index (χ0) is 18.7. The molecule has 1 N–H and O–H groups in total. The minimum Gasteiger partial charge on any atom is -0.369 e. The molecule has 1 unspecified atom stereocenters. The number of piperidine rings is 1. The number of nitro benzene ring substituents is 1. The van der Waals surface area contributed by atoms with E-state index in [0.29, 0.717) is 18.5 Å². The molecule has 0 bridgehead atoms. The summed E-state index contributed by atoms with van der Waals surface area (Å²) >= 11 is 0. The van der Waals surface area contributed by atoms with Gasteiger partial charge in [0.2, 0.25) is 5.91 Å². The number of amides is 1. The fourth-order valence-corrected chi connectivity index (χ4v) is 3.59. The van der Waals surface area contributed by atoms with E-state index in [-0.39, 0.29) is 22.6 Å². The number of nitrogens with zero attached hydrogens (tertiary/aromatic N) is 3. The number of nitro groups is 1. The minimum absolute atomic E-state index is 0.0252. The lowest BCUT2D eigenvalue weighted by Crippen LogP contribution is -2.47. The third-order valence-electron chi connectivity index (χ3n) is 4.73. The molecule has 1 aliphatic heterocycles. The van der Waals surface area contributed by atoms with Crippen LogP contribution in [-0.2, 0) is 4.79 Å². The molecule has 0 spiro atoms. The molecule has 3 rings (SSSR count). The Kier molecular flexibility index (Phi) is 5.35. The van der Waals surface area contributed by atoms with Crippen LogP contribution in [-0.4, -0.2) is 34.9 Å². The lowest BCUT2D eigenvalue weighted by molar-refractivity contribution is -0.383. The lowest BCUT2D eigenvalue weighted by atomic mass is 10.0. The molecular weight excluding hydrogens is 332 g/mol. The molecule has 7 heteroatoms. The maximum atomic E-state index is 11.9. The Bertz CT molecular complexity index is 837. The number of fused-ring (bicyclic) bond motifs is 1. The highest BCUT2D eigenvalue weighted by atomic mass is 16.6. The van der Waals surface area contributed by atoms with Crippen LogP contribution in [0.5, 0.6) is 0 Å². The molecule has 26 heavy (non-hydrogen) atoms. The Labute approximate surface area is 152 Å². The number of aryl methyl sites for hydroxylation is 1. The van der Waals surface area contributed by atoms with E-state index < -0.39 is 0 Å². The number of para-hydroxylation sites is 1. The van der Waals surface area contributed by atoms with E-state index in [2.05, 4.69) is 15.2 Å². The second kappa shape index (κ2) is 7.68. The maximum Gasteiger partial charge on any atom is 0.295 e. The molecule has 1 aliphatic rings. The highest BCUT2D eigenvalue weighted by Crippen LogP contribution is 2.33. The summed E-state index contributed by atoms with van der Waals surface area (Å²) in [5.74, 6) is 0.0887. The summed E-state index contributed by atoms with van der Waals surface area (Å²) in [5.41, 5.74) is 2.14. The van der Waals surface area contributed by atoms with Crippen molar-refractivity contribution in [1.82, 2.24) is 10.3 Å². The summed E-state index contributed by atoms with van der Waals surface area (Å²) in [6.07, 6.45) is 3.29. The van der Waals surface area contributed by atoms with Gasteiger partial charge in [-0.2, -0.15) is 0 Å². The van der Waals surface area contributed by atoms with E-state index >= 15 is 0 Å². The number of non-ortho nitro benzene ring substituents is 1. The van der Waals surface area contributed by atoms with Gasteiger partial charge in [-0.25, -0.2) is 4.98 Å². The number of carbonyl (C=O) groups is 1. The maximum absolute atomic E-state index is 11.9. The number of pyridine rings is 1. The topological polar surface area (TPSA) is 88.4 Å². The molecule has 1 aromatic heterocycles. The van der Waals surface area contributed by atoms with E-state index in [1.54, 1.807) is 6.07 Å². The number of nitrogens with one attached hydrogen (secondary N) is 1. The van der Waals surface area contributed by atoms with Crippen LogP contribution in [0.25, 0.3) is 10.9 Å². The molecule has 1 amide bonds. The van der Waals surface area contributed by atoms with E-state index in [1.807, 2.05) is 26.0 Å².